The van der Waals surface area contributed by atoms with Crippen molar-refractivity contribution >= 4 is 11.7 Å². The van der Waals surface area contributed by atoms with Crippen LogP contribution in [-0.2, 0) is 11.3 Å². The highest BCUT2D eigenvalue weighted by atomic mass is 19.1. The normalized spacial score (nSPS) is 16.7. The first-order valence-electron chi connectivity index (χ1n) is 10.0. The summed E-state index contributed by atoms with van der Waals surface area (Å²) in [6.07, 6.45) is 2.34. The van der Waals surface area contributed by atoms with E-state index in [1.54, 1.807) is 0 Å². The quantitative estimate of drug-likeness (QED) is 0.714. The lowest BCUT2D eigenvalue weighted by Crippen LogP contribution is -2.43. The summed E-state index contributed by atoms with van der Waals surface area (Å²) < 4.78 is 26.7. The van der Waals surface area contributed by atoms with Gasteiger partial charge in [-0.1, -0.05) is 31.2 Å². The summed E-state index contributed by atoms with van der Waals surface area (Å²) in [5.74, 6) is -0.964. The number of Topliss-reactive ketones (excluding diaryl/α,β-unsaturated/α-hetero) is 1. The van der Waals surface area contributed by atoms with Crippen LogP contribution in [0.3, 0.4) is 0 Å². The Balaban J connectivity index is 1.56. The molecule has 1 heterocycles. The Labute approximate surface area is 169 Å². The smallest absolute Gasteiger partial charge is 0.236 e. The van der Waals surface area contributed by atoms with Crippen LogP contribution >= 0.6 is 0 Å². The Morgan fingerprint density at radius 3 is 2.76 bits per heavy atom. The van der Waals surface area contributed by atoms with Crippen LogP contribution in [0, 0.1) is 11.6 Å². The Morgan fingerprint density at radius 1 is 1.17 bits per heavy atom. The second-order valence-electron chi connectivity index (χ2n) is 7.42. The number of benzene rings is 2. The van der Waals surface area contributed by atoms with Crippen molar-refractivity contribution in [3.8, 4) is 0 Å². The number of nitrogens with zero attached hydrogens (tertiary/aromatic N) is 1. The number of likely N-dealkylation sites (tertiary alicyclic amines) is 1. The molecule has 154 valence electrons. The van der Waals surface area contributed by atoms with E-state index in [-0.39, 0.29) is 30.7 Å². The van der Waals surface area contributed by atoms with Gasteiger partial charge in [0, 0.05) is 49.2 Å². The lowest BCUT2D eigenvalue weighted by Gasteiger charge is -2.33. The van der Waals surface area contributed by atoms with Gasteiger partial charge in [-0.2, -0.15) is 0 Å². The van der Waals surface area contributed by atoms with Gasteiger partial charge in [0.2, 0.25) is 5.91 Å². The highest BCUT2D eigenvalue weighted by molar-refractivity contribution is 5.96. The molecule has 0 spiro atoms. The number of nitrogens with one attached hydrogen (secondary N) is 1. The van der Waals surface area contributed by atoms with Crippen molar-refractivity contribution in [1.82, 2.24) is 10.2 Å². The summed E-state index contributed by atoms with van der Waals surface area (Å²) in [6.45, 7) is 3.40. The Hall–Kier alpha value is -2.60. The number of halogens is 2. The maximum absolute atomic E-state index is 13.7. The summed E-state index contributed by atoms with van der Waals surface area (Å²) in [4.78, 5) is 26.4. The first kappa shape index (κ1) is 21.1. The minimum Gasteiger partial charge on any atom is -0.341 e. The molecule has 0 unspecified atom stereocenters. The van der Waals surface area contributed by atoms with Crippen molar-refractivity contribution in [2.45, 2.75) is 38.6 Å². The predicted molar refractivity (Wildman–Crippen MR) is 108 cm³/mol. The molecule has 1 fully saturated rings. The van der Waals surface area contributed by atoms with E-state index < -0.39 is 11.6 Å². The Bertz CT molecular complexity index is 885. The van der Waals surface area contributed by atoms with Crippen LogP contribution in [0.5, 0.6) is 0 Å². The molecule has 4 nitrogen and oxygen atoms in total. The number of hydrogen-bond donors (Lipinski definition) is 1. The van der Waals surface area contributed by atoms with E-state index in [0.717, 1.165) is 30.0 Å². The molecule has 0 saturated carbocycles. The lowest BCUT2D eigenvalue weighted by atomic mass is 9.89. The topological polar surface area (TPSA) is 49.4 Å². The zero-order valence-electron chi connectivity index (χ0n) is 16.6. The van der Waals surface area contributed by atoms with E-state index in [2.05, 4.69) is 5.32 Å². The van der Waals surface area contributed by atoms with Crippen LogP contribution in [0.25, 0.3) is 0 Å². The van der Waals surface area contributed by atoms with E-state index in [1.165, 1.54) is 12.1 Å². The van der Waals surface area contributed by atoms with Crippen molar-refractivity contribution in [2.24, 2.45) is 0 Å². The molecule has 2 aromatic rings. The average Bonchev–Trinajstić information content (AvgIpc) is 2.74. The second-order valence-corrected chi connectivity index (χ2v) is 7.42. The molecule has 1 saturated heterocycles. The molecule has 1 aliphatic rings. The van der Waals surface area contributed by atoms with Crippen LogP contribution < -0.4 is 5.32 Å². The Kier molecular flexibility index (Phi) is 7.09. The van der Waals surface area contributed by atoms with Crippen LogP contribution in [-0.4, -0.2) is 36.2 Å². The molecule has 3 rings (SSSR count). The highest BCUT2D eigenvalue weighted by Crippen LogP contribution is 2.27. The van der Waals surface area contributed by atoms with E-state index in [4.69, 9.17) is 0 Å². The number of amides is 1. The number of hydrogen-bond acceptors (Lipinski definition) is 3. The molecule has 0 bridgehead atoms. The third-order valence-electron chi connectivity index (χ3n) is 5.38. The summed E-state index contributed by atoms with van der Waals surface area (Å²) in [5.41, 5.74) is 2.13. The van der Waals surface area contributed by atoms with Crippen LogP contribution in [0.4, 0.5) is 8.78 Å². The molecule has 1 N–H and O–H groups in total. The monoisotopic (exact) mass is 400 g/mol. The van der Waals surface area contributed by atoms with Gasteiger partial charge >= 0.3 is 0 Å². The lowest BCUT2D eigenvalue weighted by molar-refractivity contribution is -0.131. The van der Waals surface area contributed by atoms with E-state index in [9.17, 15) is 18.4 Å². The van der Waals surface area contributed by atoms with Crippen molar-refractivity contribution in [1.29, 1.82) is 0 Å². The van der Waals surface area contributed by atoms with Gasteiger partial charge in [0.15, 0.2) is 5.78 Å². The van der Waals surface area contributed by atoms with Gasteiger partial charge in [-0.15, -0.1) is 0 Å². The fraction of sp³-hybridized carbons (Fsp3) is 0.391. The van der Waals surface area contributed by atoms with Crippen LogP contribution in [0.1, 0.15) is 53.6 Å². The minimum atomic E-state index is -0.621. The fourth-order valence-corrected chi connectivity index (χ4v) is 3.73. The third kappa shape index (κ3) is 5.48. The Morgan fingerprint density at radius 2 is 2.00 bits per heavy atom. The molecule has 1 amide bonds. The van der Waals surface area contributed by atoms with Gasteiger partial charge in [-0.25, -0.2) is 8.78 Å². The maximum Gasteiger partial charge on any atom is 0.236 e. The molecule has 6 heteroatoms. The van der Waals surface area contributed by atoms with Gasteiger partial charge in [0.05, 0.1) is 6.54 Å². The number of rotatable bonds is 7. The molecule has 0 aliphatic carbocycles. The molecular formula is C23H26F2N2O2. The van der Waals surface area contributed by atoms with E-state index >= 15 is 0 Å². The number of ketones is 1. The van der Waals surface area contributed by atoms with Crippen molar-refractivity contribution in [3.05, 3.63) is 70.8 Å². The molecule has 0 radical (unpaired) electrons. The SMILES string of the molecule is CCC(=O)c1cccc([C@@H]2CCCN(C(=O)CNCc3ccc(F)cc3F)C2)c1. The first-order valence-corrected chi connectivity index (χ1v) is 10.0. The number of carbonyl (C=O) groups excluding carboxylic acids is 2. The minimum absolute atomic E-state index is 0.0435. The molecular weight excluding hydrogens is 374 g/mol. The van der Waals surface area contributed by atoms with Crippen LogP contribution in [0.2, 0.25) is 0 Å². The van der Waals surface area contributed by atoms with Gasteiger partial charge in [-0.05, 0) is 30.5 Å². The molecule has 2 aromatic carbocycles. The zero-order chi connectivity index (χ0) is 20.8. The largest absolute Gasteiger partial charge is 0.341 e. The number of carbonyl (C=O) groups is 2. The van der Waals surface area contributed by atoms with Gasteiger partial charge in [0.25, 0.3) is 0 Å². The van der Waals surface area contributed by atoms with E-state index in [1.807, 2.05) is 36.1 Å². The fourth-order valence-electron chi connectivity index (χ4n) is 3.73. The summed E-state index contributed by atoms with van der Waals surface area (Å²) in [6, 6.07) is 11.1. The second kappa shape index (κ2) is 9.74. The van der Waals surface area contributed by atoms with Crippen molar-refractivity contribution in [2.75, 3.05) is 19.6 Å². The maximum atomic E-state index is 13.7. The van der Waals surface area contributed by atoms with Gasteiger partial charge in [-0.3, -0.25) is 9.59 Å². The molecule has 1 aliphatic heterocycles. The molecule has 0 aromatic heterocycles. The molecule has 1 atom stereocenters. The highest BCUT2D eigenvalue weighted by Gasteiger charge is 2.25. The first-order chi connectivity index (χ1) is 14.0. The van der Waals surface area contributed by atoms with E-state index in [0.29, 0.717) is 25.1 Å². The average molecular weight is 400 g/mol. The van der Waals surface area contributed by atoms with Crippen molar-refractivity contribution in [3.63, 3.8) is 0 Å². The summed E-state index contributed by atoms with van der Waals surface area (Å²) in [7, 11) is 0. The standard InChI is InChI=1S/C23H26F2N2O2/c1-2-22(28)17-6-3-5-16(11-17)19-7-4-10-27(15-19)23(29)14-26-13-18-8-9-20(24)12-21(18)25/h3,5-6,8-9,11-12,19,26H,2,4,7,10,13-15H2,1H3/t19-/m1/s1. The summed E-state index contributed by atoms with van der Waals surface area (Å²) >= 11 is 0. The molecule has 29 heavy (non-hydrogen) atoms. The number of piperidine rings is 1. The van der Waals surface area contributed by atoms with Gasteiger partial charge < -0.3 is 10.2 Å². The zero-order valence-corrected chi connectivity index (χ0v) is 16.6. The predicted octanol–water partition coefficient (Wildman–Crippen LogP) is 4.05. The van der Waals surface area contributed by atoms with Crippen LogP contribution in [0.15, 0.2) is 42.5 Å². The van der Waals surface area contributed by atoms with Gasteiger partial charge in [0.1, 0.15) is 11.6 Å². The van der Waals surface area contributed by atoms with Crippen molar-refractivity contribution < 1.29 is 18.4 Å². The summed E-state index contributed by atoms with van der Waals surface area (Å²) in [5, 5.41) is 2.95. The third-order valence-corrected chi connectivity index (χ3v) is 5.38.